The van der Waals surface area contributed by atoms with Crippen molar-refractivity contribution in [2.75, 3.05) is 11.9 Å². The highest BCUT2D eigenvalue weighted by Gasteiger charge is 2.28. The van der Waals surface area contributed by atoms with E-state index < -0.39 is 0 Å². The van der Waals surface area contributed by atoms with Crippen molar-refractivity contribution in [2.24, 2.45) is 5.41 Å². The molecule has 0 saturated heterocycles. The SMILES string of the molecule is CCCNc1ccccc1C(=O)NC1CCC(C)(C)CC1. The van der Waals surface area contributed by atoms with Gasteiger partial charge in [0.15, 0.2) is 0 Å². The van der Waals surface area contributed by atoms with Gasteiger partial charge in [-0.3, -0.25) is 4.79 Å². The Morgan fingerprint density at radius 1 is 1.24 bits per heavy atom. The van der Waals surface area contributed by atoms with Gasteiger partial charge in [-0.15, -0.1) is 0 Å². The van der Waals surface area contributed by atoms with Crippen molar-refractivity contribution in [1.82, 2.24) is 5.32 Å². The number of hydrogen-bond donors (Lipinski definition) is 2. The van der Waals surface area contributed by atoms with Crippen LogP contribution in [0.4, 0.5) is 5.69 Å². The summed E-state index contributed by atoms with van der Waals surface area (Å²) in [5, 5.41) is 6.54. The quantitative estimate of drug-likeness (QED) is 0.852. The van der Waals surface area contributed by atoms with Gasteiger partial charge in [0, 0.05) is 18.3 Å². The van der Waals surface area contributed by atoms with Crippen molar-refractivity contribution in [3.05, 3.63) is 29.8 Å². The molecule has 0 heterocycles. The molecule has 0 radical (unpaired) electrons. The first-order valence-electron chi connectivity index (χ1n) is 8.15. The molecule has 0 spiro atoms. The lowest BCUT2D eigenvalue weighted by molar-refractivity contribution is 0.0910. The molecule has 1 aromatic carbocycles. The third-order valence-corrected chi connectivity index (χ3v) is 4.41. The van der Waals surface area contributed by atoms with Gasteiger partial charge in [0.05, 0.1) is 5.56 Å². The Labute approximate surface area is 128 Å². The molecule has 0 aromatic heterocycles. The summed E-state index contributed by atoms with van der Waals surface area (Å²) in [7, 11) is 0. The van der Waals surface area contributed by atoms with Gasteiger partial charge in [0.2, 0.25) is 0 Å². The number of carbonyl (C=O) groups is 1. The van der Waals surface area contributed by atoms with Crippen LogP contribution in [0.5, 0.6) is 0 Å². The Balaban J connectivity index is 1.97. The standard InChI is InChI=1S/C18H28N2O/c1-4-13-19-16-8-6-5-7-15(16)17(21)20-14-9-11-18(2,3)12-10-14/h5-8,14,19H,4,9-13H2,1-3H3,(H,20,21). The molecule has 21 heavy (non-hydrogen) atoms. The van der Waals surface area contributed by atoms with Crippen molar-refractivity contribution in [3.63, 3.8) is 0 Å². The van der Waals surface area contributed by atoms with E-state index in [4.69, 9.17) is 0 Å². The highest BCUT2D eigenvalue weighted by Crippen LogP contribution is 2.35. The van der Waals surface area contributed by atoms with E-state index in [2.05, 4.69) is 31.4 Å². The molecule has 3 heteroatoms. The van der Waals surface area contributed by atoms with Crippen LogP contribution >= 0.6 is 0 Å². The van der Waals surface area contributed by atoms with Gasteiger partial charge >= 0.3 is 0 Å². The summed E-state index contributed by atoms with van der Waals surface area (Å²) in [6.45, 7) is 7.64. The summed E-state index contributed by atoms with van der Waals surface area (Å²) < 4.78 is 0. The zero-order valence-corrected chi connectivity index (χ0v) is 13.5. The average molecular weight is 288 g/mol. The van der Waals surface area contributed by atoms with Crippen LogP contribution in [-0.2, 0) is 0 Å². The summed E-state index contributed by atoms with van der Waals surface area (Å²) >= 11 is 0. The lowest BCUT2D eigenvalue weighted by Gasteiger charge is -2.34. The minimum Gasteiger partial charge on any atom is -0.384 e. The predicted octanol–water partition coefficient (Wildman–Crippen LogP) is 4.21. The van der Waals surface area contributed by atoms with Crippen LogP contribution in [0.3, 0.4) is 0 Å². The molecule has 1 aromatic rings. The van der Waals surface area contributed by atoms with Crippen LogP contribution in [0, 0.1) is 5.41 Å². The minimum absolute atomic E-state index is 0.0545. The molecule has 1 fully saturated rings. The number of benzene rings is 1. The third-order valence-electron chi connectivity index (χ3n) is 4.41. The van der Waals surface area contributed by atoms with Crippen molar-refractivity contribution >= 4 is 11.6 Å². The summed E-state index contributed by atoms with van der Waals surface area (Å²) in [4.78, 5) is 12.5. The van der Waals surface area contributed by atoms with Gasteiger partial charge in [0.1, 0.15) is 0 Å². The fraction of sp³-hybridized carbons (Fsp3) is 0.611. The van der Waals surface area contributed by atoms with E-state index in [1.165, 1.54) is 12.8 Å². The van der Waals surface area contributed by atoms with Crippen LogP contribution in [0.2, 0.25) is 0 Å². The number of rotatable bonds is 5. The maximum absolute atomic E-state index is 12.5. The maximum atomic E-state index is 12.5. The van der Waals surface area contributed by atoms with Crippen molar-refractivity contribution < 1.29 is 4.79 Å². The van der Waals surface area contributed by atoms with E-state index in [-0.39, 0.29) is 5.91 Å². The molecule has 0 aliphatic heterocycles. The predicted molar refractivity (Wildman–Crippen MR) is 88.7 cm³/mol. The molecule has 0 unspecified atom stereocenters. The van der Waals surface area contributed by atoms with Crippen LogP contribution < -0.4 is 10.6 Å². The molecule has 2 N–H and O–H groups in total. The van der Waals surface area contributed by atoms with Gasteiger partial charge in [-0.25, -0.2) is 0 Å². The molecule has 3 nitrogen and oxygen atoms in total. The molecule has 0 bridgehead atoms. The highest BCUT2D eigenvalue weighted by atomic mass is 16.1. The van der Waals surface area contributed by atoms with Gasteiger partial charge in [-0.1, -0.05) is 32.9 Å². The molecule has 0 atom stereocenters. The van der Waals surface area contributed by atoms with Crippen LogP contribution in [0.25, 0.3) is 0 Å². The molecule has 116 valence electrons. The zero-order chi connectivity index (χ0) is 15.3. The molecular formula is C18H28N2O. The van der Waals surface area contributed by atoms with Gasteiger partial charge in [-0.2, -0.15) is 0 Å². The minimum atomic E-state index is 0.0545. The summed E-state index contributed by atoms with van der Waals surface area (Å²) in [6.07, 6.45) is 5.60. The summed E-state index contributed by atoms with van der Waals surface area (Å²) in [5.74, 6) is 0.0545. The Morgan fingerprint density at radius 3 is 2.57 bits per heavy atom. The fourth-order valence-corrected chi connectivity index (χ4v) is 2.90. The largest absolute Gasteiger partial charge is 0.384 e. The second kappa shape index (κ2) is 6.97. The van der Waals surface area contributed by atoms with E-state index >= 15 is 0 Å². The summed E-state index contributed by atoms with van der Waals surface area (Å²) in [6, 6.07) is 8.10. The smallest absolute Gasteiger partial charge is 0.253 e. The lowest BCUT2D eigenvalue weighted by atomic mass is 9.75. The number of nitrogens with one attached hydrogen (secondary N) is 2. The fourth-order valence-electron chi connectivity index (χ4n) is 2.90. The maximum Gasteiger partial charge on any atom is 0.253 e. The number of hydrogen-bond acceptors (Lipinski definition) is 2. The van der Waals surface area contributed by atoms with Crippen molar-refractivity contribution in [2.45, 2.75) is 58.9 Å². The Morgan fingerprint density at radius 2 is 1.90 bits per heavy atom. The molecule has 1 amide bonds. The van der Waals surface area contributed by atoms with Crippen molar-refractivity contribution in [1.29, 1.82) is 0 Å². The Bertz CT molecular complexity index is 472. The summed E-state index contributed by atoms with van der Waals surface area (Å²) in [5.41, 5.74) is 2.13. The Kier molecular flexibility index (Phi) is 5.27. The first-order valence-corrected chi connectivity index (χ1v) is 8.15. The van der Waals surface area contributed by atoms with Crippen molar-refractivity contribution in [3.8, 4) is 0 Å². The second-order valence-corrected chi connectivity index (χ2v) is 6.88. The number of para-hydroxylation sites is 1. The first kappa shape index (κ1) is 15.9. The lowest BCUT2D eigenvalue weighted by Crippen LogP contribution is -2.39. The molecule has 1 aliphatic rings. The average Bonchev–Trinajstić information content (AvgIpc) is 2.47. The third kappa shape index (κ3) is 4.48. The van der Waals surface area contributed by atoms with E-state index in [0.717, 1.165) is 37.1 Å². The molecular weight excluding hydrogens is 260 g/mol. The van der Waals surface area contributed by atoms with Gasteiger partial charge in [0.25, 0.3) is 5.91 Å². The molecule has 1 aliphatic carbocycles. The molecule has 2 rings (SSSR count). The van der Waals surface area contributed by atoms with E-state index in [9.17, 15) is 4.79 Å². The Hall–Kier alpha value is -1.51. The monoisotopic (exact) mass is 288 g/mol. The van der Waals surface area contributed by atoms with Crippen LogP contribution in [-0.4, -0.2) is 18.5 Å². The zero-order valence-electron chi connectivity index (χ0n) is 13.5. The second-order valence-electron chi connectivity index (χ2n) is 6.88. The first-order chi connectivity index (χ1) is 10.0. The van der Waals surface area contributed by atoms with E-state index in [0.29, 0.717) is 11.5 Å². The molecule has 1 saturated carbocycles. The normalized spacial score (nSPS) is 18.2. The number of anilines is 1. The topological polar surface area (TPSA) is 41.1 Å². The van der Waals surface area contributed by atoms with Gasteiger partial charge in [-0.05, 0) is 49.7 Å². The van der Waals surface area contributed by atoms with Crippen LogP contribution in [0.1, 0.15) is 63.2 Å². The highest BCUT2D eigenvalue weighted by molar-refractivity contribution is 5.99. The van der Waals surface area contributed by atoms with Gasteiger partial charge < -0.3 is 10.6 Å². The number of carbonyl (C=O) groups excluding carboxylic acids is 1. The van der Waals surface area contributed by atoms with E-state index in [1.54, 1.807) is 0 Å². The van der Waals surface area contributed by atoms with Crippen LogP contribution in [0.15, 0.2) is 24.3 Å². The number of amides is 1. The van der Waals surface area contributed by atoms with E-state index in [1.807, 2.05) is 24.3 Å².